The number of amides is 1. The molecule has 2 aromatic rings. The van der Waals surface area contributed by atoms with Crippen molar-refractivity contribution in [3.63, 3.8) is 0 Å². The maximum Gasteiger partial charge on any atom is 0.416 e. The van der Waals surface area contributed by atoms with Gasteiger partial charge >= 0.3 is 6.18 Å². The first-order valence-electron chi connectivity index (χ1n) is 13.0. The van der Waals surface area contributed by atoms with Crippen molar-refractivity contribution >= 4 is 17.4 Å². The number of carbonyl (C=O) groups is 2. The normalized spacial score (nSPS) is 33.5. The summed E-state index contributed by atoms with van der Waals surface area (Å²) >= 11 is 0. The van der Waals surface area contributed by atoms with Crippen LogP contribution < -0.4 is 10.1 Å². The van der Waals surface area contributed by atoms with Gasteiger partial charge in [0, 0.05) is 23.8 Å². The number of nitrogens with one attached hydrogen (secondary N) is 1. The molecule has 3 N–H and O–H groups in total. The van der Waals surface area contributed by atoms with E-state index in [9.17, 15) is 33.0 Å². The third kappa shape index (κ3) is 3.16. The molecule has 2 saturated carbocycles. The topological polar surface area (TPSA) is 99.1 Å². The van der Waals surface area contributed by atoms with Crippen molar-refractivity contribution in [3.8, 4) is 11.5 Å². The van der Waals surface area contributed by atoms with Gasteiger partial charge in [-0.05, 0) is 80.5 Å². The number of piperidine rings is 1. The maximum atomic E-state index is 13.9. The third-order valence-electron chi connectivity index (χ3n) is 9.43. The first-order valence-corrected chi connectivity index (χ1v) is 13.0. The SMILES string of the molecule is O=C(Nc1ccc(C(F)(F)F)cc1)C1C[C@@]2(O)[C@H]3Cc4ccc(O)c5c4[C@@]2(CCN3CC2CC2)[C@@H](O5)C1=O. The van der Waals surface area contributed by atoms with E-state index in [4.69, 9.17) is 4.74 Å². The summed E-state index contributed by atoms with van der Waals surface area (Å²) in [4.78, 5) is 29.5. The molecule has 5 aliphatic rings. The molecule has 0 aromatic heterocycles. The number of benzene rings is 2. The predicted molar refractivity (Wildman–Crippen MR) is 129 cm³/mol. The van der Waals surface area contributed by atoms with Crippen LogP contribution in [0.5, 0.6) is 11.5 Å². The van der Waals surface area contributed by atoms with Crippen molar-refractivity contribution in [2.75, 3.05) is 18.4 Å². The van der Waals surface area contributed by atoms with Gasteiger partial charge in [0.15, 0.2) is 23.4 Å². The van der Waals surface area contributed by atoms with Crippen LogP contribution in [0.25, 0.3) is 0 Å². The predicted octanol–water partition coefficient (Wildman–Crippen LogP) is 3.41. The Morgan fingerprint density at radius 1 is 1.16 bits per heavy atom. The second-order valence-corrected chi connectivity index (χ2v) is 11.5. The fraction of sp³-hybridized carbons (Fsp3) is 0.500. The lowest BCUT2D eigenvalue weighted by molar-refractivity contribution is -0.197. The van der Waals surface area contributed by atoms with Crippen LogP contribution in [-0.4, -0.2) is 57.6 Å². The van der Waals surface area contributed by atoms with Gasteiger partial charge in [0.25, 0.3) is 0 Å². The number of ketones is 1. The molecular weight excluding hydrogens is 501 g/mol. The number of hydrogen-bond acceptors (Lipinski definition) is 6. The van der Waals surface area contributed by atoms with Crippen molar-refractivity contribution in [1.29, 1.82) is 0 Å². The van der Waals surface area contributed by atoms with Crippen LogP contribution in [0.4, 0.5) is 18.9 Å². The first kappa shape index (κ1) is 24.0. The van der Waals surface area contributed by atoms with Crippen molar-refractivity contribution in [2.45, 2.75) is 61.4 Å². The minimum absolute atomic E-state index is 0.104. The zero-order valence-corrected chi connectivity index (χ0v) is 20.4. The molecule has 1 unspecified atom stereocenters. The third-order valence-corrected chi connectivity index (χ3v) is 9.43. The molecule has 38 heavy (non-hydrogen) atoms. The molecule has 3 aliphatic carbocycles. The monoisotopic (exact) mass is 528 g/mol. The van der Waals surface area contributed by atoms with Crippen molar-refractivity contribution in [3.05, 3.63) is 53.1 Å². The van der Waals surface area contributed by atoms with Crippen molar-refractivity contribution in [1.82, 2.24) is 4.90 Å². The second-order valence-electron chi connectivity index (χ2n) is 11.5. The van der Waals surface area contributed by atoms with Crippen molar-refractivity contribution in [2.24, 2.45) is 11.8 Å². The highest BCUT2D eigenvalue weighted by Crippen LogP contribution is 2.65. The van der Waals surface area contributed by atoms with Gasteiger partial charge in [-0.2, -0.15) is 13.2 Å². The van der Waals surface area contributed by atoms with Gasteiger partial charge in [-0.3, -0.25) is 14.5 Å². The Kier molecular flexibility index (Phi) is 4.87. The number of phenolic OH excluding ortho intramolecular Hbond substituents is 1. The number of anilines is 1. The highest BCUT2D eigenvalue weighted by Gasteiger charge is 2.75. The summed E-state index contributed by atoms with van der Waals surface area (Å²) in [6, 6.07) is 7.06. The fourth-order valence-electron chi connectivity index (χ4n) is 7.50. The molecule has 2 heterocycles. The zero-order valence-electron chi connectivity index (χ0n) is 20.4. The van der Waals surface area contributed by atoms with E-state index in [-0.39, 0.29) is 29.6 Å². The molecule has 1 spiro atoms. The number of carbonyl (C=O) groups excluding carboxylic acids is 2. The summed E-state index contributed by atoms with van der Waals surface area (Å²) in [5, 5.41) is 25.8. The number of nitrogens with zero attached hydrogens (tertiary/aromatic N) is 1. The number of aliphatic hydroxyl groups is 1. The Morgan fingerprint density at radius 2 is 1.89 bits per heavy atom. The van der Waals surface area contributed by atoms with Gasteiger partial charge in [0.2, 0.25) is 5.91 Å². The lowest BCUT2D eigenvalue weighted by Gasteiger charge is -2.63. The standard InChI is InChI=1S/C28H27F3N2O5/c29-28(30,31)16-4-6-17(7-5-16)32-25(36)18-12-27(37)20-11-15-3-8-19(34)23-21(15)26(27,24(38-23)22(18)35)9-10-33(20)13-14-1-2-14/h3-8,14,18,20,24,34,37H,1-2,9-13H2,(H,32,36)/t18?,20-,24+,26+,27-/m1/s1. The van der Waals surface area contributed by atoms with Gasteiger partial charge in [-0.1, -0.05) is 6.07 Å². The van der Waals surface area contributed by atoms with Gasteiger partial charge in [0.05, 0.1) is 16.6 Å². The Morgan fingerprint density at radius 3 is 2.58 bits per heavy atom. The number of phenols is 1. The van der Waals surface area contributed by atoms with Crippen LogP contribution in [0.1, 0.15) is 42.4 Å². The Bertz CT molecular complexity index is 1360. The smallest absolute Gasteiger partial charge is 0.416 e. The minimum Gasteiger partial charge on any atom is -0.504 e. The summed E-state index contributed by atoms with van der Waals surface area (Å²) in [5.74, 6) is -1.77. The number of ether oxygens (including phenoxy) is 1. The molecule has 1 amide bonds. The number of alkyl halides is 3. The van der Waals surface area contributed by atoms with Crippen LogP contribution in [0.3, 0.4) is 0 Å². The number of aromatic hydroxyl groups is 1. The van der Waals surface area contributed by atoms with E-state index in [1.165, 1.54) is 0 Å². The lowest BCUT2D eigenvalue weighted by Crippen LogP contribution is -2.78. The average Bonchev–Trinajstić information content (AvgIpc) is 3.60. The van der Waals surface area contributed by atoms with E-state index >= 15 is 0 Å². The van der Waals surface area contributed by atoms with Gasteiger partial charge in [-0.25, -0.2) is 0 Å². The molecule has 7 rings (SSSR count). The van der Waals surface area contributed by atoms with E-state index in [1.807, 2.05) is 6.07 Å². The molecule has 7 nitrogen and oxygen atoms in total. The summed E-state index contributed by atoms with van der Waals surface area (Å²) < 4.78 is 45.0. The summed E-state index contributed by atoms with van der Waals surface area (Å²) in [5.41, 5.74) is -1.64. The molecule has 5 atom stereocenters. The van der Waals surface area contributed by atoms with Gasteiger partial charge in [0.1, 0.15) is 5.92 Å². The second kappa shape index (κ2) is 7.72. The maximum absolute atomic E-state index is 13.9. The summed E-state index contributed by atoms with van der Waals surface area (Å²) in [7, 11) is 0. The quantitative estimate of drug-likeness (QED) is 0.527. The van der Waals surface area contributed by atoms with Crippen LogP contribution in [-0.2, 0) is 27.6 Å². The van der Waals surface area contributed by atoms with Gasteiger partial charge in [-0.15, -0.1) is 0 Å². The van der Waals surface area contributed by atoms with Crippen LogP contribution in [0.2, 0.25) is 0 Å². The lowest BCUT2D eigenvalue weighted by atomic mass is 9.47. The molecule has 2 bridgehead atoms. The first-order chi connectivity index (χ1) is 18.0. The number of likely N-dealkylation sites (tertiary alicyclic amines) is 1. The molecule has 3 fully saturated rings. The number of halogens is 3. The summed E-state index contributed by atoms with van der Waals surface area (Å²) in [6.45, 7) is 1.51. The number of Topliss-reactive ketones (excluding diaryl/α,β-unsaturated/α-hetero) is 1. The van der Waals surface area contributed by atoms with E-state index in [2.05, 4.69) is 10.2 Å². The largest absolute Gasteiger partial charge is 0.504 e. The Labute approximate surface area is 216 Å². The molecule has 10 heteroatoms. The van der Waals surface area contributed by atoms with Crippen LogP contribution in [0.15, 0.2) is 36.4 Å². The summed E-state index contributed by atoms with van der Waals surface area (Å²) in [6.07, 6.45) is -2.53. The number of hydrogen-bond donors (Lipinski definition) is 3. The average molecular weight is 529 g/mol. The van der Waals surface area contributed by atoms with Gasteiger partial charge < -0.3 is 20.3 Å². The van der Waals surface area contributed by atoms with Crippen LogP contribution >= 0.6 is 0 Å². The highest BCUT2D eigenvalue weighted by molar-refractivity contribution is 6.10. The fourth-order valence-corrected chi connectivity index (χ4v) is 7.50. The molecule has 2 aliphatic heterocycles. The van der Waals surface area contributed by atoms with Crippen molar-refractivity contribution < 1.29 is 37.7 Å². The molecule has 1 saturated heterocycles. The molecule has 200 valence electrons. The Hall–Kier alpha value is -3.11. The molecule has 0 radical (unpaired) electrons. The Balaban J connectivity index is 1.26. The van der Waals surface area contributed by atoms with E-state index < -0.39 is 46.5 Å². The van der Waals surface area contributed by atoms with E-state index in [0.717, 1.165) is 49.2 Å². The van der Waals surface area contributed by atoms with E-state index in [0.29, 0.717) is 30.9 Å². The van der Waals surface area contributed by atoms with Crippen LogP contribution in [0, 0.1) is 11.8 Å². The van der Waals surface area contributed by atoms with E-state index in [1.54, 1.807) is 6.07 Å². The number of rotatable bonds is 4. The molecular formula is C28H27F3N2O5. The highest BCUT2D eigenvalue weighted by atomic mass is 19.4. The minimum atomic E-state index is -4.51. The zero-order chi connectivity index (χ0) is 26.6. The molecule has 2 aromatic carbocycles.